The van der Waals surface area contributed by atoms with E-state index >= 15 is 0 Å². The highest BCUT2D eigenvalue weighted by Gasteiger charge is 2.06. The molecule has 0 unspecified atom stereocenters. The Hall–Kier alpha value is -2.50. The van der Waals surface area contributed by atoms with Gasteiger partial charge in [0, 0.05) is 18.2 Å². The summed E-state index contributed by atoms with van der Waals surface area (Å²) in [5, 5.41) is 11.6. The minimum Gasteiger partial charge on any atom is -0.477 e. The number of anilines is 1. The van der Waals surface area contributed by atoms with Gasteiger partial charge in [0.1, 0.15) is 17.5 Å². The summed E-state index contributed by atoms with van der Waals surface area (Å²) in [6.45, 7) is 0.0855. The molecule has 19 heavy (non-hydrogen) atoms. The van der Waals surface area contributed by atoms with Crippen molar-refractivity contribution in [3.63, 3.8) is 0 Å². The van der Waals surface area contributed by atoms with Gasteiger partial charge < -0.3 is 10.4 Å². The first-order chi connectivity index (χ1) is 9.06. The zero-order valence-corrected chi connectivity index (χ0v) is 9.73. The minimum absolute atomic E-state index is 0.0855. The number of nitrogens with zero attached hydrogens (tertiary/aromatic N) is 1. The third kappa shape index (κ3) is 3.25. The number of pyridine rings is 1. The number of carboxylic acid groups (broad SMARTS) is 1. The van der Waals surface area contributed by atoms with Crippen molar-refractivity contribution in [2.24, 2.45) is 0 Å². The van der Waals surface area contributed by atoms with Crippen LogP contribution in [0.1, 0.15) is 16.1 Å². The molecule has 0 radical (unpaired) electrons. The fraction of sp³-hybridized carbons (Fsp3) is 0.0769. The standard InChI is InChI=1S/C13H10F2N2O2/c14-9-5-4-8(10(15)6-9)7-16-12-3-1-2-11(17-12)13(18)19/h1-6H,7H2,(H,16,17)(H,18,19). The maximum atomic E-state index is 13.4. The van der Waals surface area contributed by atoms with E-state index in [0.29, 0.717) is 5.82 Å². The molecule has 6 heteroatoms. The summed E-state index contributed by atoms with van der Waals surface area (Å²) in [6, 6.07) is 7.71. The SMILES string of the molecule is O=C(O)c1cccc(NCc2ccc(F)cc2F)n1. The highest BCUT2D eigenvalue weighted by molar-refractivity contribution is 5.85. The molecular weight excluding hydrogens is 254 g/mol. The lowest BCUT2D eigenvalue weighted by molar-refractivity contribution is 0.0690. The molecule has 2 aromatic rings. The second-order valence-corrected chi connectivity index (χ2v) is 3.80. The van der Waals surface area contributed by atoms with Crippen LogP contribution in [0.2, 0.25) is 0 Å². The average molecular weight is 264 g/mol. The molecule has 98 valence electrons. The zero-order valence-electron chi connectivity index (χ0n) is 9.73. The third-order valence-electron chi connectivity index (χ3n) is 2.44. The summed E-state index contributed by atoms with van der Waals surface area (Å²) < 4.78 is 26.1. The number of carboxylic acids is 1. The van der Waals surface area contributed by atoms with Crippen LogP contribution < -0.4 is 5.32 Å². The van der Waals surface area contributed by atoms with Gasteiger partial charge in [-0.2, -0.15) is 0 Å². The smallest absolute Gasteiger partial charge is 0.354 e. The predicted octanol–water partition coefficient (Wildman–Crippen LogP) is 2.67. The van der Waals surface area contributed by atoms with Crippen molar-refractivity contribution in [1.82, 2.24) is 4.98 Å². The van der Waals surface area contributed by atoms with E-state index < -0.39 is 17.6 Å². The van der Waals surface area contributed by atoms with E-state index in [4.69, 9.17) is 5.11 Å². The molecule has 1 aromatic heterocycles. The van der Waals surface area contributed by atoms with Crippen molar-refractivity contribution in [2.75, 3.05) is 5.32 Å². The van der Waals surface area contributed by atoms with Crippen molar-refractivity contribution in [2.45, 2.75) is 6.54 Å². The van der Waals surface area contributed by atoms with Crippen LogP contribution in [-0.4, -0.2) is 16.1 Å². The molecule has 1 aromatic carbocycles. The van der Waals surface area contributed by atoms with Crippen LogP contribution in [0.15, 0.2) is 36.4 Å². The molecule has 0 bridgehead atoms. The van der Waals surface area contributed by atoms with Crippen LogP contribution >= 0.6 is 0 Å². The van der Waals surface area contributed by atoms with Gasteiger partial charge in [0.15, 0.2) is 5.69 Å². The first-order valence-corrected chi connectivity index (χ1v) is 5.44. The van der Waals surface area contributed by atoms with Crippen LogP contribution in [0.3, 0.4) is 0 Å². The van der Waals surface area contributed by atoms with Crippen LogP contribution in [0.25, 0.3) is 0 Å². The Labute approximate surface area is 107 Å². The van der Waals surface area contributed by atoms with Crippen molar-refractivity contribution < 1.29 is 18.7 Å². The fourth-order valence-corrected chi connectivity index (χ4v) is 1.50. The first-order valence-electron chi connectivity index (χ1n) is 5.44. The number of benzene rings is 1. The molecule has 2 N–H and O–H groups in total. The van der Waals surface area contributed by atoms with Gasteiger partial charge in [-0.3, -0.25) is 0 Å². The van der Waals surface area contributed by atoms with E-state index in [-0.39, 0.29) is 17.8 Å². The lowest BCUT2D eigenvalue weighted by Crippen LogP contribution is -2.06. The number of nitrogens with one attached hydrogen (secondary N) is 1. The van der Waals surface area contributed by atoms with E-state index in [0.717, 1.165) is 12.1 Å². The topological polar surface area (TPSA) is 62.2 Å². The van der Waals surface area contributed by atoms with Gasteiger partial charge in [-0.25, -0.2) is 18.6 Å². The second kappa shape index (κ2) is 5.43. The number of halogens is 2. The molecule has 2 rings (SSSR count). The van der Waals surface area contributed by atoms with Crippen molar-refractivity contribution in [3.05, 3.63) is 59.3 Å². The highest BCUT2D eigenvalue weighted by atomic mass is 19.1. The number of hydrogen-bond acceptors (Lipinski definition) is 3. The van der Waals surface area contributed by atoms with E-state index in [9.17, 15) is 13.6 Å². The molecule has 0 saturated heterocycles. The third-order valence-corrected chi connectivity index (χ3v) is 2.44. The van der Waals surface area contributed by atoms with Crippen LogP contribution in [-0.2, 0) is 6.54 Å². The summed E-state index contributed by atoms with van der Waals surface area (Å²) in [4.78, 5) is 14.6. The van der Waals surface area contributed by atoms with Gasteiger partial charge in [-0.05, 0) is 18.2 Å². The van der Waals surface area contributed by atoms with Crippen molar-refractivity contribution in [3.8, 4) is 0 Å². The molecule has 4 nitrogen and oxygen atoms in total. The van der Waals surface area contributed by atoms with Gasteiger partial charge in [-0.15, -0.1) is 0 Å². The van der Waals surface area contributed by atoms with E-state index in [1.807, 2.05) is 0 Å². The summed E-state index contributed by atoms with van der Waals surface area (Å²) in [5.74, 6) is -2.14. The largest absolute Gasteiger partial charge is 0.477 e. The number of hydrogen-bond donors (Lipinski definition) is 2. The summed E-state index contributed by atoms with van der Waals surface area (Å²) in [6.07, 6.45) is 0. The Morgan fingerprint density at radius 2 is 2.05 bits per heavy atom. The molecule has 0 atom stereocenters. The molecule has 0 aliphatic carbocycles. The molecule has 0 aliphatic rings. The fourth-order valence-electron chi connectivity index (χ4n) is 1.50. The summed E-state index contributed by atoms with van der Waals surface area (Å²) in [5.41, 5.74) is 0.161. The first kappa shape index (κ1) is 12.9. The average Bonchev–Trinajstić information content (AvgIpc) is 2.38. The van der Waals surface area contributed by atoms with Crippen LogP contribution in [0.5, 0.6) is 0 Å². The molecule has 0 saturated carbocycles. The van der Waals surface area contributed by atoms with Crippen molar-refractivity contribution in [1.29, 1.82) is 0 Å². The van der Waals surface area contributed by atoms with Gasteiger partial charge >= 0.3 is 5.97 Å². The minimum atomic E-state index is -1.14. The summed E-state index contributed by atoms with van der Waals surface area (Å²) >= 11 is 0. The quantitative estimate of drug-likeness (QED) is 0.891. The van der Waals surface area contributed by atoms with Gasteiger partial charge in [0.25, 0.3) is 0 Å². The maximum Gasteiger partial charge on any atom is 0.354 e. The van der Waals surface area contributed by atoms with E-state index in [2.05, 4.69) is 10.3 Å². The van der Waals surface area contributed by atoms with E-state index in [1.54, 1.807) is 6.07 Å². The molecule has 1 heterocycles. The van der Waals surface area contributed by atoms with Crippen LogP contribution in [0.4, 0.5) is 14.6 Å². The van der Waals surface area contributed by atoms with Gasteiger partial charge in [0.2, 0.25) is 0 Å². The summed E-state index contributed by atoms with van der Waals surface area (Å²) in [7, 11) is 0. The Morgan fingerprint density at radius 3 is 2.74 bits per heavy atom. The number of aromatic carboxylic acids is 1. The Bertz CT molecular complexity index is 617. The normalized spacial score (nSPS) is 10.2. The molecule has 0 amide bonds. The Balaban J connectivity index is 2.10. The molecule has 0 aliphatic heterocycles. The monoisotopic (exact) mass is 264 g/mol. The lowest BCUT2D eigenvalue weighted by Gasteiger charge is -2.07. The number of aromatic nitrogens is 1. The molecular formula is C13H10F2N2O2. The highest BCUT2D eigenvalue weighted by Crippen LogP contribution is 2.12. The van der Waals surface area contributed by atoms with E-state index in [1.165, 1.54) is 18.2 Å². The Morgan fingerprint density at radius 1 is 1.26 bits per heavy atom. The lowest BCUT2D eigenvalue weighted by atomic mass is 10.2. The Kier molecular flexibility index (Phi) is 3.70. The van der Waals surface area contributed by atoms with Crippen LogP contribution in [0, 0.1) is 11.6 Å². The number of carbonyl (C=O) groups is 1. The van der Waals surface area contributed by atoms with Crippen molar-refractivity contribution >= 4 is 11.8 Å². The predicted molar refractivity (Wildman–Crippen MR) is 64.9 cm³/mol. The van der Waals surface area contributed by atoms with Gasteiger partial charge in [-0.1, -0.05) is 12.1 Å². The molecule has 0 spiro atoms. The maximum absolute atomic E-state index is 13.4. The zero-order chi connectivity index (χ0) is 13.8. The second-order valence-electron chi connectivity index (χ2n) is 3.80. The molecule has 0 fully saturated rings. The number of rotatable bonds is 4. The van der Waals surface area contributed by atoms with Gasteiger partial charge in [0.05, 0.1) is 0 Å².